The van der Waals surface area contributed by atoms with Crippen molar-refractivity contribution < 1.29 is 22.9 Å². The maximum Gasteiger partial charge on any atom is 0.269 e. The van der Waals surface area contributed by atoms with Crippen LogP contribution in [-0.2, 0) is 19.4 Å². The van der Waals surface area contributed by atoms with Gasteiger partial charge in [0, 0.05) is 36.3 Å². The second-order valence-electron chi connectivity index (χ2n) is 7.49. The molecular weight excluding hydrogens is 478 g/mol. The molecule has 13 nitrogen and oxygen atoms in total. The second-order valence-corrected chi connectivity index (χ2v) is 9.71. The van der Waals surface area contributed by atoms with Gasteiger partial charge in [-0.25, -0.2) is 8.42 Å². The minimum absolute atomic E-state index is 0.0101. The average molecular weight is 506 g/mol. The van der Waals surface area contributed by atoms with Crippen LogP contribution < -0.4 is 27.4 Å². The molecule has 0 aliphatic heterocycles. The van der Waals surface area contributed by atoms with E-state index in [0.29, 0.717) is 0 Å². The topological polar surface area (TPSA) is 217 Å². The number of para-hydroxylation sites is 1. The van der Waals surface area contributed by atoms with Crippen LogP contribution in [0.25, 0.3) is 0 Å². The van der Waals surface area contributed by atoms with Gasteiger partial charge in [0.05, 0.1) is 11.5 Å². The van der Waals surface area contributed by atoms with Crippen LogP contribution >= 0.6 is 0 Å². The first-order chi connectivity index (χ1) is 16.4. The molecule has 0 spiro atoms. The summed E-state index contributed by atoms with van der Waals surface area (Å²) >= 11 is 0. The van der Waals surface area contributed by atoms with E-state index in [1.807, 2.05) is 0 Å². The standard InChI is InChI=1S/C21H27N7O6S/c1-35(33,34)21(12-5-13-25-20(23)24,27(18(29)14-22)16-6-3-2-4-7-16)19(30)26-15-8-10-17(11-9-15)28(31)32/h2-4,6-11H,5,12-14,22H2,1H3,(H,26,30)(H4,23,24,25)/t21-/m1/s1. The van der Waals surface area contributed by atoms with Crippen LogP contribution in [-0.4, -0.2) is 55.3 Å². The molecule has 35 heavy (non-hydrogen) atoms. The van der Waals surface area contributed by atoms with Crippen molar-refractivity contribution in [2.45, 2.75) is 17.7 Å². The fraction of sp³-hybridized carbons (Fsp3) is 0.286. The van der Waals surface area contributed by atoms with Gasteiger partial charge in [-0.3, -0.25) is 29.6 Å². The van der Waals surface area contributed by atoms with Crippen LogP contribution in [0.2, 0.25) is 0 Å². The van der Waals surface area contributed by atoms with E-state index in [1.54, 1.807) is 18.2 Å². The van der Waals surface area contributed by atoms with E-state index >= 15 is 0 Å². The third kappa shape index (κ3) is 6.30. The molecule has 0 heterocycles. The number of carbonyl (C=O) groups is 2. The van der Waals surface area contributed by atoms with Crippen LogP contribution in [0.4, 0.5) is 17.1 Å². The van der Waals surface area contributed by atoms with Gasteiger partial charge < -0.3 is 22.5 Å². The molecule has 1 atom stereocenters. The van der Waals surface area contributed by atoms with Gasteiger partial charge in [-0.2, -0.15) is 0 Å². The third-order valence-electron chi connectivity index (χ3n) is 5.07. The van der Waals surface area contributed by atoms with Gasteiger partial charge >= 0.3 is 0 Å². The summed E-state index contributed by atoms with van der Waals surface area (Å²) in [5.74, 6) is -2.09. The van der Waals surface area contributed by atoms with E-state index in [1.165, 1.54) is 24.3 Å². The van der Waals surface area contributed by atoms with Crippen molar-refractivity contribution >= 4 is 44.7 Å². The monoisotopic (exact) mass is 505 g/mol. The summed E-state index contributed by atoms with van der Waals surface area (Å²) < 4.78 is 26.6. The molecule has 2 aromatic carbocycles. The average Bonchev–Trinajstić information content (AvgIpc) is 2.80. The van der Waals surface area contributed by atoms with Gasteiger partial charge in [0.1, 0.15) is 0 Å². The van der Waals surface area contributed by atoms with Crippen molar-refractivity contribution in [2.75, 3.05) is 29.6 Å². The second kappa shape index (κ2) is 11.4. The summed E-state index contributed by atoms with van der Waals surface area (Å²) in [5, 5.41) is 13.4. The highest BCUT2D eigenvalue weighted by atomic mass is 32.2. The Balaban J connectivity index is 2.67. The van der Waals surface area contributed by atoms with Gasteiger partial charge in [-0.15, -0.1) is 0 Å². The first-order valence-corrected chi connectivity index (χ1v) is 12.2. The number of anilines is 2. The Morgan fingerprint density at radius 2 is 1.71 bits per heavy atom. The number of nitro benzene ring substituents is 1. The summed E-state index contributed by atoms with van der Waals surface area (Å²) in [6.07, 6.45) is 0.477. The van der Waals surface area contributed by atoms with Crippen LogP contribution in [0.15, 0.2) is 59.6 Å². The lowest BCUT2D eigenvalue weighted by atomic mass is 10.1. The number of nitrogens with one attached hydrogen (secondary N) is 1. The number of nitrogens with two attached hydrogens (primary N) is 3. The maximum absolute atomic E-state index is 13.7. The number of non-ortho nitro benzene ring substituents is 1. The Morgan fingerprint density at radius 3 is 2.20 bits per heavy atom. The largest absolute Gasteiger partial charge is 0.370 e. The zero-order valence-corrected chi connectivity index (χ0v) is 19.8. The Bertz CT molecular complexity index is 1200. The molecular formula is C21H27N7O6S. The minimum atomic E-state index is -4.35. The number of hydrogen-bond donors (Lipinski definition) is 4. The molecule has 0 aromatic heterocycles. The van der Waals surface area contributed by atoms with Gasteiger partial charge in [0.2, 0.25) is 10.8 Å². The quantitative estimate of drug-likeness (QED) is 0.108. The summed E-state index contributed by atoms with van der Waals surface area (Å²) in [6, 6.07) is 12.6. The minimum Gasteiger partial charge on any atom is -0.370 e. The lowest BCUT2D eigenvalue weighted by molar-refractivity contribution is -0.384. The predicted molar refractivity (Wildman–Crippen MR) is 132 cm³/mol. The molecule has 7 N–H and O–H groups in total. The highest BCUT2D eigenvalue weighted by molar-refractivity contribution is 7.93. The molecule has 2 amide bonds. The number of aliphatic imine (C=N–C) groups is 1. The molecule has 0 fully saturated rings. The number of nitro groups is 1. The van der Waals surface area contributed by atoms with Crippen LogP contribution in [0.1, 0.15) is 12.8 Å². The zero-order chi connectivity index (χ0) is 26.2. The van der Waals surface area contributed by atoms with Gasteiger partial charge in [-0.05, 0) is 37.1 Å². The van der Waals surface area contributed by atoms with Crippen LogP contribution in [0, 0.1) is 10.1 Å². The predicted octanol–water partition coefficient (Wildman–Crippen LogP) is 0.320. The molecule has 0 aliphatic rings. The van der Waals surface area contributed by atoms with Gasteiger partial charge in [0.15, 0.2) is 15.8 Å². The number of rotatable bonds is 11. The molecule has 0 aliphatic carbocycles. The van der Waals surface area contributed by atoms with Crippen molar-refractivity contribution in [3.8, 4) is 0 Å². The maximum atomic E-state index is 13.7. The molecule has 2 aromatic rings. The fourth-order valence-corrected chi connectivity index (χ4v) is 4.93. The van der Waals surface area contributed by atoms with E-state index in [2.05, 4.69) is 10.3 Å². The summed E-state index contributed by atoms with van der Waals surface area (Å²) in [4.78, 5) is 39.3. The van der Waals surface area contributed by atoms with E-state index in [4.69, 9.17) is 17.2 Å². The summed E-state index contributed by atoms with van der Waals surface area (Å²) in [5.41, 5.74) is 16.3. The van der Waals surface area contributed by atoms with E-state index in [-0.39, 0.29) is 42.4 Å². The number of hydrogen-bond acceptors (Lipinski definition) is 8. The first-order valence-electron chi connectivity index (χ1n) is 10.3. The molecule has 188 valence electrons. The van der Waals surface area contributed by atoms with E-state index in [0.717, 1.165) is 23.3 Å². The Labute approximate surface area is 202 Å². The Morgan fingerprint density at radius 1 is 1.11 bits per heavy atom. The van der Waals surface area contributed by atoms with Gasteiger partial charge in [-0.1, -0.05) is 18.2 Å². The summed E-state index contributed by atoms with van der Waals surface area (Å²) in [6.45, 7) is -0.589. The number of carbonyl (C=O) groups excluding carboxylic acids is 2. The first kappa shape index (κ1) is 27.2. The summed E-state index contributed by atoms with van der Waals surface area (Å²) in [7, 11) is -4.35. The number of nitrogens with zero attached hydrogens (tertiary/aromatic N) is 3. The lowest BCUT2D eigenvalue weighted by Gasteiger charge is -2.41. The molecule has 0 unspecified atom stereocenters. The molecule has 2 rings (SSSR count). The van der Waals surface area contributed by atoms with Crippen LogP contribution in [0.3, 0.4) is 0 Å². The SMILES string of the molecule is CS(=O)(=O)[C@](CCCN=C(N)N)(C(=O)Nc1ccc([N+](=O)[O-])cc1)N(C(=O)CN)c1ccccc1. The zero-order valence-electron chi connectivity index (χ0n) is 19.0. The van der Waals surface area contributed by atoms with Crippen molar-refractivity contribution in [3.63, 3.8) is 0 Å². The normalized spacial score (nSPS) is 12.7. The highest BCUT2D eigenvalue weighted by Gasteiger charge is 2.55. The number of benzene rings is 2. The molecule has 0 saturated carbocycles. The number of sulfone groups is 1. The van der Waals surface area contributed by atoms with Crippen molar-refractivity contribution in [2.24, 2.45) is 22.2 Å². The molecule has 0 bridgehead atoms. The van der Waals surface area contributed by atoms with E-state index in [9.17, 15) is 28.1 Å². The third-order valence-corrected chi connectivity index (χ3v) is 6.87. The highest BCUT2D eigenvalue weighted by Crippen LogP contribution is 2.35. The van der Waals surface area contributed by atoms with Crippen LogP contribution in [0.5, 0.6) is 0 Å². The Kier molecular flexibility index (Phi) is 8.86. The fourth-order valence-electron chi connectivity index (χ4n) is 3.49. The smallest absolute Gasteiger partial charge is 0.269 e. The van der Waals surface area contributed by atoms with Gasteiger partial charge in [0.25, 0.3) is 11.6 Å². The number of amides is 2. The molecule has 0 radical (unpaired) electrons. The lowest BCUT2D eigenvalue weighted by Crippen LogP contribution is -2.65. The number of guanidine groups is 1. The van der Waals surface area contributed by atoms with E-state index < -0.39 is 38.0 Å². The molecule has 0 saturated heterocycles. The van der Waals surface area contributed by atoms with Crippen molar-refractivity contribution in [1.29, 1.82) is 0 Å². The van der Waals surface area contributed by atoms with Crippen molar-refractivity contribution in [1.82, 2.24) is 0 Å². The van der Waals surface area contributed by atoms with Crippen molar-refractivity contribution in [3.05, 3.63) is 64.7 Å². The molecule has 14 heteroatoms. The Hall–Kier alpha value is -4.04.